The molecule has 2 aromatic rings. The molecule has 114 valence electrons. The molecule has 1 aliphatic heterocycles. The fourth-order valence-corrected chi connectivity index (χ4v) is 5.13. The lowest BCUT2D eigenvalue weighted by Crippen LogP contribution is -2.21. The average Bonchev–Trinajstić information content (AvgIpc) is 3.18. The second kappa shape index (κ2) is 5.52. The van der Waals surface area contributed by atoms with Crippen molar-refractivity contribution in [2.24, 2.45) is 5.92 Å². The van der Waals surface area contributed by atoms with Crippen LogP contribution in [0, 0.1) is 5.92 Å². The Labute approximate surface area is 134 Å². The van der Waals surface area contributed by atoms with E-state index in [0.717, 1.165) is 36.9 Å². The molecule has 0 saturated carbocycles. The van der Waals surface area contributed by atoms with Crippen LogP contribution in [-0.2, 0) is 17.7 Å². The summed E-state index contributed by atoms with van der Waals surface area (Å²) < 4.78 is 4.85. The van der Waals surface area contributed by atoms with Gasteiger partial charge in [-0.15, -0.1) is 11.3 Å². The zero-order valence-electron chi connectivity index (χ0n) is 12.6. The van der Waals surface area contributed by atoms with Crippen LogP contribution in [0.1, 0.15) is 31.6 Å². The molecule has 0 bridgehead atoms. The maximum Gasteiger partial charge on any atom is 0.348 e. The SMILES string of the molecule is COC(=O)c1cc2c(s1)C1CN(Cc3ccccc3)CC1C2. The normalized spacial score (nSPS) is 23.3. The van der Waals surface area contributed by atoms with Crippen molar-refractivity contribution in [1.82, 2.24) is 4.90 Å². The molecular formula is C18H19NO2S. The number of likely N-dealkylation sites (tertiary alicyclic amines) is 1. The van der Waals surface area contributed by atoms with Crippen LogP contribution in [0.2, 0.25) is 0 Å². The monoisotopic (exact) mass is 313 g/mol. The molecule has 0 spiro atoms. The first-order valence-corrected chi connectivity index (χ1v) is 8.53. The molecule has 0 N–H and O–H groups in total. The summed E-state index contributed by atoms with van der Waals surface area (Å²) in [4.78, 5) is 16.4. The van der Waals surface area contributed by atoms with Crippen molar-refractivity contribution in [3.63, 3.8) is 0 Å². The van der Waals surface area contributed by atoms with Crippen molar-refractivity contribution >= 4 is 17.3 Å². The molecule has 2 heterocycles. The van der Waals surface area contributed by atoms with E-state index in [1.165, 1.54) is 23.1 Å². The van der Waals surface area contributed by atoms with E-state index in [2.05, 4.69) is 35.2 Å². The van der Waals surface area contributed by atoms with Crippen LogP contribution >= 0.6 is 11.3 Å². The Morgan fingerprint density at radius 2 is 2.14 bits per heavy atom. The maximum absolute atomic E-state index is 11.7. The lowest BCUT2D eigenvalue weighted by molar-refractivity contribution is 0.0606. The van der Waals surface area contributed by atoms with Gasteiger partial charge < -0.3 is 4.74 Å². The second-order valence-corrected chi connectivity index (χ2v) is 7.33. The molecule has 1 saturated heterocycles. The number of hydrogen-bond donors (Lipinski definition) is 0. The fourth-order valence-electron chi connectivity index (χ4n) is 3.84. The number of esters is 1. The number of carbonyl (C=O) groups is 1. The smallest absolute Gasteiger partial charge is 0.348 e. The minimum atomic E-state index is -0.199. The van der Waals surface area contributed by atoms with E-state index in [9.17, 15) is 4.79 Å². The van der Waals surface area contributed by atoms with Gasteiger partial charge in [-0.25, -0.2) is 4.79 Å². The topological polar surface area (TPSA) is 29.5 Å². The Morgan fingerprint density at radius 3 is 2.91 bits per heavy atom. The molecular weight excluding hydrogens is 294 g/mol. The van der Waals surface area contributed by atoms with Gasteiger partial charge in [0.2, 0.25) is 0 Å². The van der Waals surface area contributed by atoms with Crippen LogP contribution in [-0.4, -0.2) is 31.1 Å². The average molecular weight is 313 g/mol. The van der Waals surface area contributed by atoms with E-state index in [-0.39, 0.29) is 5.97 Å². The minimum Gasteiger partial charge on any atom is -0.465 e. The van der Waals surface area contributed by atoms with Gasteiger partial charge in [-0.05, 0) is 29.5 Å². The first-order valence-electron chi connectivity index (χ1n) is 7.72. The Kier molecular flexibility index (Phi) is 3.51. The standard InChI is InChI=1S/C18H19NO2S/c1-21-18(20)16-8-13-7-14-10-19(11-15(14)17(13)22-16)9-12-5-3-2-4-6-12/h2-6,8,14-15H,7,9-11H2,1H3. The number of fused-ring (bicyclic) bond motifs is 3. The molecule has 2 unspecified atom stereocenters. The molecule has 1 fully saturated rings. The number of nitrogens with zero attached hydrogens (tertiary/aromatic N) is 1. The van der Waals surface area contributed by atoms with E-state index >= 15 is 0 Å². The van der Waals surface area contributed by atoms with Crippen molar-refractivity contribution < 1.29 is 9.53 Å². The van der Waals surface area contributed by atoms with Crippen molar-refractivity contribution in [1.29, 1.82) is 0 Å². The highest BCUT2D eigenvalue weighted by Crippen LogP contribution is 2.47. The first kappa shape index (κ1) is 14.0. The van der Waals surface area contributed by atoms with Crippen molar-refractivity contribution in [2.75, 3.05) is 20.2 Å². The second-order valence-electron chi connectivity index (χ2n) is 6.24. The number of carbonyl (C=O) groups excluding carboxylic acids is 1. The van der Waals surface area contributed by atoms with E-state index < -0.39 is 0 Å². The molecule has 0 amide bonds. The lowest BCUT2D eigenvalue weighted by Gasteiger charge is -2.16. The summed E-state index contributed by atoms with van der Waals surface area (Å²) in [6.07, 6.45) is 1.11. The Balaban J connectivity index is 1.49. The number of thiophene rings is 1. The molecule has 3 nitrogen and oxygen atoms in total. The summed E-state index contributed by atoms with van der Waals surface area (Å²) in [7, 11) is 1.45. The number of benzene rings is 1. The molecule has 1 aromatic heterocycles. The van der Waals surface area contributed by atoms with Crippen LogP contribution in [0.4, 0.5) is 0 Å². The van der Waals surface area contributed by atoms with Crippen LogP contribution < -0.4 is 0 Å². The van der Waals surface area contributed by atoms with E-state index in [4.69, 9.17) is 4.74 Å². The van der Waals surface area contributed by atoms with Crippen LogP contribution in [0.5, 0.6) is 0 Å². The van der Waals surface area contributed by atoms with E-state index in [1.807, 2.05) is 6.07 Å². The van der Waals surface area contributed by atoms with Gasteiger partial charge in [0.1, 0.15) is 4.88 Å². The highest BCUT2D eigenvalue weighted by molar-refractivity contribution is 7.14. The minimum absolute atomic E-state index is 0.199. The van der Waals surface area contributed by atoms with Gasteiger partial charge in [0.25, 0.3) is 0 Å². The molecule has 2 atom stereocenters. The zero-order valence-corrected chi connectivity index (χ0v) is 13.4. The predicted octanol–water partition coefficient (Wildman–Crippen LogP) is 3.31. The highest BCUT2D eigenvalue weighted by atomic mass is 32.1. The van der Waals surface area contributed by atoms with Gasteiger partial charge in [0.15, 0.2) is 0 Å². The van der Waals surface area contributed by atoms with E-state index in [1.54, 1.807) is 11.3 Å². The maximum atomic E-state index is 11.7. The summed E-state index contributed by atoms with van der Waals surface area (Å²) >= 11 is 1.64. The zero-order chi connectivity index (χ0) is 15.1. The predicted molar refractivity (Wildman–Crippen MR) is 87.3 cm³/mol. The molecule has 4 rings (SSSR count). The van der Waals surface area contributed by atoms with Crippen molar-refractivity contribution in [3.05, 3.63) is 57.3 Å². The number of methoxy groups -OCH3 is 1. The highest BCUT2D eigenvalue weighted by Gasteiger charge is 2.41. The Morgan fingerprint density at radius 1 is 1.32 bits per heavy atom. The van der Waals surface area contributed by atoms with Crippen molar-refractivity contribution in [2.45, 2.75) is 18.9 Å². The first-order chi connectivity index (χ1) is 10.7. The van der Waals surface area contributed by atoms with Gasteiger partial charge in [-0.2, -0.15) is 0 Å². The molecule has 4 heteroatoms. The van der Waals surface area contributed by atoms with Gasteiger partial charge in [0, 0.05) is 30.4 Å². The summed E-state index contributed by atoms with van der Waals surface area (Å²) in [6, 6.07) is 12.7. The molecule has 2 aliphatic rings. The summed E-state index contributed by atoms with van der Waals surface area (Å²) in [6.45, 7) is 3.29. The van der Waals surface area contributed by atoms with Gasteiger partial charge in [-0.3, -0.25) is 4.90 Å². The summed E-state index contributed by atoms with van der Waals surface area (Å²) in [5.74, 6) is 1.12. The van der Waals surface area contributed by atoms with E-state index in [0.29, 0.717) is 5.92 Å². The van der Waals surface area contributed by atoms with Gasteiger partial charge >= 0.3 is 5.97 Å². The molecule has 0 radical (unpaired) electrons. The van der Waals surface area contributed by atoms with Gasteiger partial charge in [0.05, 0.1) is 7.11 Å². The largest absolute Gasteiger partial charge is 0.465 e. The molecule has 22 heavy (non-hydrogen) atoms. The van der Waals surface area contributed by atoms with Crippen LogP contribution in [0.25, 0.3) is 0 Å². The molecule has 1 aromatic carbocycles. The lowest BCUT2D eigenvalue weighted by atomic mass is 10.0. The third-order valence-corrected chi connectivity index (χ3v) is 6.10. The Hall–Kier alpha value is -1.65. The van der Waals surface area contributed by atoms with Crippen LogP contribution in [0.3, 0.4) is 0 Å². The fraction of sp³-hybridized carbons (Fsp3) is 0.389. The van der Waals surface area contributed by atoms with Gasteiger partial charge in [-0.1, -0.05) is 30.3 Å². The number of ether oxygens (including phenoxy) is 1. The third kappa shape index (κ3) is 2.36. The number of hydrogen-bond acceptors (Lipinski definition) is 4. The molecule has 1 aliphatic carbocycles. The van der Waals surface area contributed by atoms with Crippen molar-refractivity contribution in [3.8, 4) is 0 Å². The third-order valence-electron chi connectivity index (χ3n) is 4.81. The summed E-state index contributed by atoms with van der Waals surface area (Å²) in [5.41, 5.74) is 2.75. The number of rotatable bonds is 3. The summed E-state index contributed by atoms with van der Waals surface area (Å²) in [5, 5.41) is 0. The Bertz CT molecular complexity index is 694. The van der Waals surface area contributed by atoms with Crippen LogP contribution in [0.15, 0.2) is 36.4 Å². The quantitative estimate of drug-likeness (QED) is 0.814.